The number of nitrogens with zero attached hydrogens (tertiary/aromatic N) is 3. The first-order valence-corrected chi connectivity index (χ1v) is 9.60. The molecule has 1 aromatic heterocycles. The SMILES string of the molecule is CCCCN(C)c1cc(-c2ccccc2)nc(Nc2ccc(C(C)=O)cc2)n1. The van der Waals surface area contributed by atoms with Crippen molar-refractivity contribution in [3.8, 4) is 11.3 Å². The van der Waals surface area contributed by atoms with Crippen molar-refractivity contribution in [2.75, 3.05) is 23.8 Å². The molecule has 1 heterocycles. The van der Waals surface area contributed by atoms with Gasteiger partial charge in [-0.3, -0.25) is 4.79 Å². The van der Waals surface area contributed by atoms with Crippen LogP contribution in [0, 0.1) is 0 Å². The Bertz CT molecular complexity index is 923. The quantitative estimate of drug-likeness (QED) is 0.540. The van der Waals surface area contributed by atoms with E-state index < -0.39 is 0 Å². The maximum atomic E-state index is 11.5. The summed E-state index contributed by atoms with van der Waals surface area (Å²) in [6.45, 7) is 4.68. The zero-order valence-corrected chi connectivity index (χ0v) is 16.6. The van der Waals surface area contributed by atoms with E-state index in [1.165, 1.54) is 0 Å². The molecular formula is C23H26N4O. The van der Waals surface area contributed by atoms with E-state index in [0.29, 0.717) is 11.5 Å². The van der Waals surface area contributed by atoms with E-state index in [0.717, 1.165) is 42.1 Å². The largest absolute Gasteiger partial charge is 0.359 e. The van der Waals surface area contributed by atoms with Crippen LogP contribution in [-0.4, -0.2) is 29.3 Å². The number of hydrogen-bond donors (Lipinski definition) is 1. The molecule has 0 atom stereocenters. The van der Waals surface area contributed by atoms with Gasteiger partial charge in [-0.05, 0) is 37.6 Å². The van der Waals surface area contributed by atoms with Crippen LogP contribution in [-0.2, 0) is 0 Å². The Balaban J connectivity index is 1.93. The molecule has 0 bridgehead atoms. The van der Waals surface area contributed by atoms with E-state index in [9.17, 15) is 4.79 Å². The predicted octanol–water partition coefficient (Wildman–Crippen LogP) is 5.33. The summed E-state index contributed by atoms with van der Waals surface area (Å²) in [6, 6.07) is 19.5. The molecule has 0 aliphatic carbocycles. The molecule has 3 rings (SSSR count). The number of benzene rings is 2. The molecular weight excluding hydrogens is 348 g/mol. The van der Waals surface area contributed by atoms with Crippen LogP contribution < -0.4 is 10.2 Å². The topological polar surface area (TPSA) is 58.1 Å². The van der Waals surface area contributed by atoms with Crippen LogP contribution in [0.4, 0.5) is 17.5 Å². The standard InChI is InChI=1S/C23H26N4O/c1-4-5-15-27(3)22-16-21(19-9-7-6-8-10-19)25-23(26-22)24-20-13-11-18(12-14-20)17(2)28/h6-14,16H,4-5,15H2,1-3H3,(H,24,25,26). The summed E-state index contributed by atoms with van der Waals surface area (Å²) in [4.78, 5) is 23.0. The highest BCUT2D eigenvalue weighted by Crippen LogP contribution is 2.25. The molecule has 0 saturated heterocycles. The van der Waals surface area contributed by atoms with Gasteiger partial charge in [-0.25, -0.2) is 4.98 Å². The average molecular weight is 374 g/mol. The van der Waals surface area contributed by atoms with Crippen LogP contribution >= 0.6 is 0 Å². The van der Waals surface area contributed by atoms with Crippen LogP contribution in [0.25, 0.3) is 11.3 Å². The van der Waals surface area contributed by atoms with Crippen LogP contribution in [0.15, 0.2) is 60.7 Å². The molecule has 5 nitrogen and oxygen atoms in total. The molecule has 1 N–H and O–H groups in total. The third kappa shape index (κ3) is 4.94. The summed E-state index contributed by atoms with van der Waals surface area (Å²) in [6.07, 6.45) is 2.24. The van der Waals surface area contributed by atoms with E-state index in [2.05, 4.69) is 24.2 Å². The third-order valence-corrected chi connectivity index (χ3v) is 4.57. The first-order valence-electron chi connectivity index (χ1n) is 9.60. The number of nitrogens with one attached hydrogen (secondary N) is 1. The highest BCUT2D eigenvalue weighted by Gasteiger charge is 2.10. The second-order valence-corrected chi connectivity index (χ2v) is 6.83. The Morgan fingerprint density at radius 1 is 1.04 bits per heavy atom. The fraction of sp³-hybridized carbons (Fsp3) is 0.261. The van der Waals surface area contributed by atoms with Gasteiger partial charge in [0.2, 0.25) is 5.95 Å². The minimum atomic E-state index is 0.0497. The Hall–Kier alpha value is -3.21. The fourth-order valence-corrected chi connectivity index (χ4v) is 2.87. The van der Waals surface area contributed by atoms with Crippen LogP contribution in [0.1, 0.15) is 37.0 Å². The monoisotopic (exact) mass is 374 g/mol. The fourth-order valence-electron chi connectivity index (χ4n) is 2.87. The normalized spacial score (nSPS) is 10.5. The van der Waals surface area contributed by atoms with E-state index in [4.69, 9.17) is 9.97 Å². The number of unbranched alkanes of at least 4 members (excludes halogenated alkanes) is 1. The Morgan fingerprint density at radius 3 is 2.39 bits per heavy atom. The molecule has 0 radical (unpaired) electrons. The number of aromatic nitrogens is 2. The number of hydrogen-bond acceptors (Lipinski definition) is 5. The smallest absolute Gasteiger partial charge is 0.229 e. The van der Waals surface area contributed by atoms with Gasteiger partial charge in [0.25, 0.3) is 0 Å². The van der Waals surface area contributed by atoms with Gasteiger partial charge >= 0.3 is 0 Å². The first kappa shape index (κ1) is 19.5. The van der Waals surface area contributed by atoms with Gasteiger partial charge < -0.3 is 10.2 Å². The van der Waals surface area contributed by atoms with Crippen molar-refractivity contribution in [2.24, 2.45) is 0 Å². The lowest BCUT2D eigenvalue weighted by atomic mass is 10.1. The van der Waals surface area contributed by atoms with Crippen molar-refractivity contribution >= 4 is 23.2 Å². The van der Waals surface area contributed by atoms with Gasteiger partial charge in [0, 0.05) is 36.5 Å². The molecule has 144 valence electrons. The molecule has 0 saturated carbocycles. The summed E-state index contributed by atoms with van der Waals surface area (Å²) < 4.78 is 0. The molecule has 0 spiro atoms. The number of carbonyl (C=O) groups excluding carboxylic acids is 1. The Kier molecular flexibility index (Phi) is 6.37. The number of rotatable bonds is 8. The second-order valence-electron chi connectivity index (χ2n) is 6.83. The molecule has 0 aliphatic heterocycles. The average Bonchev–Trinajstić information content (AvgIpc) is 2.72. The van der Waals surface area contributed by atoms with Crippen molar-refractivity contribution in [3.05, 3.63) is 66.2 Å². The van der Waals surface area contributed by atoms with Crippen LogP contribution in [0.2, 0.25) is 0 Å². The van der Waals surface area contributed by atoms with Crippen molar-refractivity contribution in [2.45, 2.75) is 26.7 Å². The summed E-state index contributed by atoms with van der Waals surface area (Å²) in [5.41, 5.74) is 3.45. The Morgan fingerprint density at radius 2 is 1.75 bits per heavy atom. The maximum Gasteiger partial charge on any atom is 0.229 e. The molecule has 0 unspecified atom stereocenters. The lowest BCUT2D eigenvalue weighted by Gasteiger charge is -2.19. The van der Waals surface area contributed by atoms with E-state index in [1.807, 2.05) is 48.5 Å². The van der Waals surface area contributed by atoms with Gasteiger partial charge in [-0.15, -0.1) is 0 Å². The molecule has 0 fully saturated rings. The van der Waals surface area contributed by atoms with Gasteiger partial charge in [0.15, 0.2) is 5.78 Å². The van der Waals surface area contributed by atoms with Crippen molar-refractivity contribution < 1.29 is 4.79 Å². The lowest BCUT2D eigenvalue weighted by Crippen LogP contribution is -2.20. The Labute approximate surface area is 166 Å². The molecule has 5 heteroatoms. The van der Waals surface area contributed by atoms with Gasteiger partial charge in [-0.1, -0.05) is 43.7 Å². The van der Waals surface area contributed by atoms with Gasteiger partial charge in [0.05, 0.1) is 5.69 Å². The van der Waals surface area contributed by atoms with E-state index in [1.54, 1.807) is 19.1 Å². The zero-order valence-electron chi connectivity index (χ0n) is 16.6. The van der Waals surface area contributed by atoms with Crippen molar-refractivity contribution in [3.63, 3.8) is 0 Å². The highest BCUT2D eigenvalue weighted by atomic mass is 16.1. The first-order chi connectivity index (χ1) is 13.6. The number of carbonyl (C=O) groups is 1. The minimum absolute atomic E-state index is 0.0497. The summed E-state index contributed by atoms with van der Waals surface area (Å²) in [5, 5.41) is 3.27. The van der Waals surface area contributed by atoms with Gasteiger partial charge in [-0.2, -0.15) is 4.98 Å². The number of Topliss-reactive ketones (excluding diaryl/α,β-unsaturated/α-hetero) is 1. The summed E-state index contributed by atoms with van der Waals surface area (Å²) >= 11 is 0. The molecule has 0 aliphatic rings. The van der Waals surface area contributed by atoms with Crippen molar-refractivity contribution in [1.82, 2.24) is 9.97 Å². The molecule has 2 aromatic carbocycles. The van der Waals surface area contributed by atoms with Gasteiger partial charge in [0.1, 0.15) is 5.82 Å². The highest BCUT2D eigenvalue weighted by molar-refractivity contribution is 5.94. The van der Waals surface area contributed by atoms with E-state index >= 15 is 0 Å². The molecule has 28 heavy (non-hydrogen) atoms. The maximum absolute atomic E-state index is 11.5. The second kappa shape index (κ2) is 9.13. The van der Waals surface area contributed by atoms with Crippen molar-refractivity contribution in [1.29, 1.82) is 0 Å². The number of anilines is 3. The number of ketones is 1. The lowest BCUT2D eigenvalue weighted by molar-refractivity contribution is 0.101. The summed E-state index contributed by atoms with van der Waals surface area (Å²) in [5.74, 6) is 1.47. The molecule has 0 amide bonds. The van der Waals surface area contributed by atoms with Crippen LogP contribution in [0.5, 0.6) is 0 Å². The molecule has 3 aromatic rings. The predicted molar refractivity (Wildman–Crippen MR) is 115 cm³/mol. The zero-order chi connectivity index (χ0) is 19.9. The van der Waals surface area contributed by atoms with Crippen LogP contribution in [0.3, 0.4) is 0 Å². The van der Waals surface area contributed by atoms with E-state index in [-0.39, 0.29) is 5.78 Å². The third-order valence-electron chi connectivity index (χ3n) is 4.57. The minimum Gasteiger partial charge on any atom is -0.359 e. The summed E-state index contributed by atoms with van der Waals surface area (Å²) in [7, 11) is 2.05.